The first-order valence-electron chi connectivity index (χ1n) is 11.5. The molecule has 0 aromatic carbocycles. The van der Waals surface area contributed by atoms with Crippen LogP contribution in [-0.2, 0) is 30.8 Å². The Kier molecular flexibility index (Phi) is 9.21. The van der Waals surface area contributed by atoms with E-state index in [1.165, 1.54) is 43.7 Å². The maximum Gasteiger partial charge on any atom is 0.137 e. The fourth-order valence-corrected chi connectivity index (χ4v) is 3.17. The molecule has 0 spiro atoms. The summed E-state index contributed by atoms with van der Waals surface area (Å²) in [6, 6.07) is 0. The minimum absolute atomic E-state index is 0.0833. The van der Waals surface area contributed by atoms with Crippen LogP contribution in [0, 0.1) is 10.8 Å². The average molecular weight is 431 g/mol. The summed E-state index contributed by atoms with van der Waals surface area (Å²) in [6.45, 7) is 22.2. The molecule has 0 fully saturated rings. The summed E-state index contributed by atoms with van der Waals surface area (Å²) in [6.07, 6.45) is 9.02. The van der Waals surface area contributed by atoms with Crippen LogP contribution in [0.4, 0.5) is 0 Å². The maximum atomic E-state index is 7.15. The lowest BCUT2D eigenvalue weighted by molar-refractivity contribution is 0.489. The van der Waals surface area contributed by atoms with E-state index in [4.69, 9.17) is 5.41 Å². The highest BCUT2D eigenvalue weighted by Gasteiger charge is 2.23. The Bertz CT molecular complexity index is 822. The molecule has 0 bridgehead atoms. The summed E-state index contributed by atoms with van der Waals surface area (Å²) >= 11 is 0. The van der Waals surface area contributed by atoms with Crippen LogP contribution in [0.15, 0.2) is 12.5 Å². The minimum Gasteiger partial charge on any atom is -0.332 e. The van der Waals surface area contributed by atoms with Gasteiger partial charge in [-0.05, 0) is 31.6 Å². The number of fused-ring (bicyclic) bond motifs is 1. The summed E-state index contributed by atoms with van der Waals surface area (Å²) in [4.78, 5) is 4.57. The van der Waals surface area contributed by atoms with Crippen molar-refractivity contribution in [2.75, 3.05) is 0 Å². The summed E-state index contributed by atoms with van der Waals surface area (Å²) < 4.78 is 4.38. The predicted octanol–water partition coefficient (Wildman–Crippen LogP) is 6.09. The van der Waals surface area contributed by atoms with Gasteiger partial charge in [0.1, 0.15) is 18.0 Å². The smallest absolute Gasteiger partial charge is 0.137 e. The van der Waals surface area contributed by atoms with E-state index in [2.05, 4.69) is 67.5 Å². The zero-order chi connectivity index (χ0) is 24.0. The van der Waals surface area contributed by atoms with Crippen LogP contribution in [-0.4, -0.2) is 30.0 Å². The van der Waals surface area contributed by atoms with Gasteiger partial charge in [0.25, 0.3) is 0 Å². The molecular weight excluding hydrogens is 384 g/mol. The van der Waals surface area contributed by atoms with Gasteiger partial charge in [0, 0.05) is 42.0 Å². The highest BCUT2D eigenvalue weighted by Crippen LogP contribution is 2.25. The van der Waals surface area contributed by atoms with Crippen LogP contribution in [0.1, 0.15) is 106 Å². The van der Waals surface area contributed by atoms with Gasteiger partial charge in [-0.25, -0.2) is 4.98 Å². The van der Waals surface area contributed by atoms with Gasteiger partial charge in [0.2, 0.25) is 0 Å². The quantitative estimate of drug-likeness (QED) is 0.514. The van der Waals surface area contributed by atoms with Crippen LogP contribution in [0.5, 0.6) is 0 Å². The number of hydrogen-bond donors (Lipinski definition) is 1. The van der Waals surface area contributed by atoms with E-state index in [-0.39, 0.29) is 16.2 Å². The van der Waals surface area contributed by atoms with Crippen molar-refractivity contribution in [1.82, 2.24) is 24.3 Å². The Hall–Kier alpha value is -1.98. The third-order valence-electron chi connectivity index (χ3n) is 5.43. The van der Waals surface area contributed by atoms with Gasteiger partial charge >= 0.3 is 0 Å². The fraction of sp³-hybridized carbons (Fsp3) is 0.760. The molecule has 2 aromatic rings. The Morgan fingerprint density at radius 2 is 1.45 bits per heavy atom. The molecule has 1 aliphatic rings. The van der Waals surface area contributed by atoms with Crippen LogP contribution in [0.3, 0.4) is 0 Å². The van der Waals surface area contributed by atoms with Crippen LogP contribution >= 0.6 is 0 Å². The van der Waals surface area contributed by atoms with Crippen molar-refractivity contribution in [3.8, 4) is 0 Å². The topological polar surface area (TPSA) is 72.4 Å². The summed E-state index contributed by atoms with van der Waals surface area (Å²) in [5, 5.41) is 14.9. The monoisotopic (exact) mass is 430 g/mol. The molecule has 0 saturated carbocycles. The molecule has 31 heavy (non-hydrogen) atoms. The SMILES string of the molecule is CC(=N)C(C)(C)C.CC(C)(C)c1ncc2n1CCCCC2.Cn1cnnc1C(C)(C)C. The summed E-state index contributed by atoms with van der Waals surface area (Å²) in [5.41, 5.74) is 2.55. The standard InChI is InChI=1S/C12H20N2.C7H13N3.C6H13N/c1-12(2,3)11-13-9-10-7-5-4-6-8-14(10)11;1-7(2,3)6-9-8-5-10(6)4;1-5(7)6(2,3)4/h9H,4-8H2,1-3H3;5H,1-4H3;7H,1-4H3. The van der Waals surface area contributed by atoms with Crippen LogP contribution < -0.4 is 0 Å². The number of nitrogens with zero attached hydrogens (tertiary/aromatic N) is 5. The molecule has 3 rings (SSSR count). The largest absolute Gasteiger partial charge is 0.332 e. The fourth-order valence-electron chi connectivity index (χ4n) is 3.17. The molecule has 0 atom stereocenters. The van der Waals surface area contributed by atoms with Crippen molar-refractivity contribution in [3.63, 3.8) is 0 Å². The van der Waals surface area contributed by atoms with Crippen molar-refractivity contribution in [2.24, 2.45) is 12.5 Å². The highest BCUT2D eigenvalue weighted by atomic mass is 15.3. The molecule has 0 radical (unpaired) electrons. The zero-order valence-corrected chi connectivity index (χ0v) is 21.9. The van der Waals surface area contributed by atoms with Crippen molar-refractivity contribution in [3.05, 3.63) is 29.9 Å². The second-order valence-electron chi connectivity index (χ2n) is 11.7. The molecule has 6 nitrogen and oxygen atoms in total. The second kappa shape index (κ2) is 10.6. The normalized spacial score (nSPS) is 14.4. The average Bonchev–Trinajstić information content (AvgIpc) is 3.15. The second-order valence-corrected chi connectivity index (χ2v) is 11.7. The van der Waals surface area contributed by atoms with Gasteiger partial charge in [0.05, 0.1) is 0 Å². The number of nitrogens with one attached hydrogen (secondary N) is 1. The molecular formula is C25H46N6. The van der Waals surface area contributed by atoms with Crippen molar-refractivity contribution in [1.29, 1.82) is 5.41 Å². The summed E-state index contributed by atoms with van der Waals surface area (Å²) in [5.74, 6) is 2.28. The van der Waals surface area contributed by atoms with Gasteiger partial charge in [-0.1, -0.05) is 68.7 Å². The van der Waals surface area contributed by atoms with E-state index in [1.807, 2.05) is 39.3 Å². The predicted molar refractivity (Wildman–Crippen MR) is 131 cm³/mol. The van der Waals surface area contributed by atoms with Gasteiger partial charge in [0.15, 0.2) is 0 Å². The lowest BCUT2D eigenvalue weighted by Gasteiger charge is -2.20. The Morgan fingerprint density at radius 3 is 1.84 bits per heavy atom. The number of imidazole rings is 1. The number of hydrogen-bond acceptors (Lipinski definition) is 4. The maximum absolute atomic E-state index is 7.15. The van der Waals surface area contributed by atoms with E-state index in [0.29, 0.717) is 0 Å². The number of rotatable bonds is 0. The minimum atomic E-state index is 0.0833. The van der Waals surface area contributed by atoms with Gasteiger partial charge in [-0.15, -0.1) is 10.2 Å². The molecule has 2 aromatic heterocycles. The van der Waals surface area contributed by atoms with E-state index in [1.54, 1.807) is 6.33 Å². The molecule has 0 saturated heterocycles. The Labute approximate surface area is 190 Å². The molecule has 6 heteroatoms. The van der Waals surface area contributed by atoms with Gasteiger partial charge < -0.3 is 14.5 Å². The summed E-state index contributed by atoms with van der Waals surface area (Å²) in [7, 11) is 1.96. The van der Waals surface area contributed by atoms with Gasteiger partial charge in [-0.3, -0.25) is 0 Å². The first-order valence-corrected chi connectivity index (χ1v) is 11.5. The first-order chi connectivity index (χ1) is 14.0. The third-order valence-corrected chi connectivity index (χ3v) is 5.43. The number of aryl methyl sites for hydroxylation is 2. The van der Waals surface area contributed by atoms with Crippen molar-refractivity contribution >= 4 is 5.71 Å². The van der Waals surface area contributed by atoms with Crippen molar-refractivity contribution in [2.45, 2.75) is 112 Å². The third kappa shape index (κ3) is 8.58. The Morgan fingerprint density at radius 1 is 0.903 bits per heavy atom. The molecule has 176 valence electrons. The lowest BCUT2D eigenvalue weighted by Crippen LogP contribution is -2.19. The highest BCUT2D eigenvalue weighted by molar-refractivity contribution is 5.83. The number of aromatic nitrogens is 5. The van der Waals surface area contributed by atoms with Crippen molar-refractivity contribution < 1.29 is 0 Å². The Balaban J connectivity index is 0.000000249. The molecule has 0 amide bonds. The van der Waals surface area contributed by atoms with E-state index in [9.17, 15) is 0 Å². The molecule has 0 aliphatic carbocycles. The van der Waals surface area contributed by atoms with Gasteiger partial charge in [-0.2, -0.15) is 0 Å². The van der Waals surface area contributed by atoms with Crippen LogP contribution in [0.25, 0.3) is 0 Å². The molecule has 1 aliphatic heterocycles. The zero-order valence-electron chi connectivity index (χ0n) is 21.9. The van der Waals surface area contributed by atoms with E-state index < -0.39 is 0 Å². The van der Waals surface area contributed by atoms with E-state index >= 15 is 0 Å². The first kappa shape index (κ1) is 27.1. The van der Waals surface area contributed by atoms with E-state index in [0.717, 1.165) is 11.5 Å². The molecule has 1 N–H and O–H groups in total. The molecule has 3 heterocycles. The molecule has 0 unspecified atom stereocenters. The van der Waals surface area contributed by atoms with Crippen LogP contribution in [0.2, 0.25) is 0 Å². The lowest BCUT2D eigenvalue weighted by atomic mass is 9.91.